The molecule has 0 unspecified atom stereocenters. The van der Waals surface area contributed by atoms with Crippen LogP contribution < -0.4 is 0 Å². The Bertz CT molecular complexity index is 240. The first kappa shape index (κ1) is 10.1. The zero-order valence-electron chi connectivity index (χ0n) is 7.35. The number of likely N-dealkylation sites (tertiary alicyclic amines) is 1. The lowest BCUT2D eigenvalue weighted by Crippen LogP contribution is -2.47. The van der Waals surface area contributed by atoms with Crippen LogP contribution in [0.1, 0.15) is 19.8 Å². The third-order valence-corrected chi connectivity index (χ3v) is 1.98. The summed E-state index contributed by atoms with van der Waals surface area (Å²) in [7, 11) is 0. The van der Waals surface area contributed by atoms with Crippen molar-refractivity contribution in [1.82, 2.24) is 4.90 Å². The van der Waals surface area contributed by atoms with E-state index in [1.165, 1.54) is 0 Å². The van der Waals surface area contributed by atoms with Gasteiger partial charge >= 0.3 is 0 Å². The molecule has 74 valence electrons. The van der Waals surface area contributed by atoms with Crippen LogP contribution in [-0.4, -0.2) is 35.6 Å². The fourth-order valence-electron chi connectivity index (χ4n) is 1.36. The third-order valence-electron chi connectivity index (χ3n) is 1.98. The van der Waals surface area contributed by atoms with Crippen molar-refractivity contribution in [2.75, 3.05) is 13.1 Å². The summed E-state index contributed by atoms with van der Waals surface area (Å²) in [4.78, 5) is 22.6. The molecule has 0 N–H and O–H groups in total. The molecule has 0 aromatic rings. The second-order valence-electron chi connectivity index (χ2n) is 3.24. The summed E-state index contributed by atoms with van der Waals surface area (Å²) in [5.74, 6) is -4.32. The molecule has 0 bridgehead atoms. The van der Waals surface area contributed by atoms with Gasteiger partial charge in [0.15, 0.2) is 0 Å². The highest BCUT2D eigenvalue weighted by Gasteiger charge is 2.37. The van der Waals surface area contributed by atoms with Gasteiger partial charge in [-0.15, -0.1) is 0 Å². The molecule has 1 saturated heterocycles. The quantitative estimate of drug-likeness (QED) is 0.576. The largest absolute Gasteiger partial charge is 0.330 e. The van der Waals surface area contributed by atoms with Crippen molar-refractivity contribution >= 4 is 11.7 Å². The van der Waals surface area contributed by atoms with E-state index in [0.29, 0.717) is 0 Å². The molecule has 1 heterocycles. The molecule has 1 amide bonds. The van der Waals surface area contributed by atoms with Crippen molar-refractivity contribution < 1.29 is 18.4 Å². The second-order valence-corrected chi connectivity index (χ2v) is 3.24. The van der Waals surface area contributed by atoms with Gasteiger partial charge in [0.1, 0.15) is 0 Å². The molecule has 1 aliphatic rings. The third kappa shape index (κ3) is 2.47. The van der Waals surface area contributed by atoms with Crippen molar-refractivity contribution in [3.8, 4) is 0 Å². The number of hydrogen-bond acceptors (Lipinski definition) is 2. The SMILES string of the molecule is CC(=O)C(=O)N1CCCC(F)(F)C1. The molecule has 0 atom stereocenters. The van der Waals surface area contributed by atoms with Crippen LogP contribution in [0.25, 0.3) is 0 Å². The molecule has 0 saturated carbocycles. The van der Waals surface area contributed by atoms with Crippen LogP contribution in [0.2, 0.25) is 0 Å². The Kier molecular flexibility index (Phi) is 2.63. The number of nitrogens with zero attached hydrogens (tertiary/aromatic N) is 1. The maximum atomic E-state index is 12.8. The van der Waals surface area contributed by atoms with Gasteiger partial charge in [0.2, 0.25) is 5.78 Å². The second kappa shape index (κ2) is 3.40. The van der Waals surface area contributed by atoms with Gasteiger partial charge in [0.25, 0.3) is 11.8 Å². The van der Waals surface area contributed by atoms with Crippen molar-refractivity contribution in [1.29, 1.82) is 0 Å². The smallest absolute Gasteiger partial charge is 0.289 e. The zero-order valence-corrected chi connectivity index (χ0v) is 7.35. The topological polar surface area (TPSA) is 37.4 Å². The Labute approximate surface area is 74.7 Å². The van der Waals surface area contributed by atoms with E-state index < -0.39 is 24.2 Å². The van der Waals surface area contributed by atoms with Crippen LogP contribution in [-0.2, 0) is 9.59 Å². The number of amides is 1. The van der Waals surface area contributed by atoms with Crippen molar-refractivity contribution in [2.45, 2.75) is 25.7 Å². The Morgan fingerprint density at radius 2 is 2.00 bits per heavy atom. The lowest BCUT2D eigenvalue weighted by molar-refractivity contribution is -0.150. The van der Waals surface area contributed by atoms with E-state index in [2.05, 4.69) is 0 Å². The first-order valence-electron chi connectivity index (χ1n) is 4.10. The zero-order chi connectivity index (χ0) is 10.1. The van der Waals surface area contributed by atoms with E-state index in [-0.39, 0.29) is 19.4 Å². The molecule has 0 aromatic heterocycles. The van der Waals surface area contributed by atoms with E-state index >= 15 is 0 Å². The predicted octanol–water partition coefficient (Wildman–Crippen LogP) is 0.833. The molecule has 0 spiro atoms. The maximum absolute atomic E-state index is 12.8. The van der Waals surface area contributed by atoms with E-state index in [0.717, 1.165) is 11.8 Å². The summed E-state index contributed by atoms with van der Waals surface area (Å²) in [5, 5.41) is 0. The number of halogens is 2. The molecule has 0 aromatic carbocycles. The number of piperidine rings is 1. The standard InChI is InChI=1S/C8H11F2NO2/c1-6(12)7(13)11-4-2-3-8(9,10)5-11/h2-5H2,1H3. The van der Waals surface area contributed by atoms with Crippen molar-refractivity contribution in [3.05, 3.63) is 0 Å². The van der Waals surface area contributed by atoms with Gasteiger partial charge in [0, 0.05) is 19.9 Å². The Balaban J connectivity index is 2.62. The molecule has 3 nitrogen and oxygen atoms in total. The monoisotopic (exact) mass is 191 g/mol. The van der Waals surface area contributed by atoms with Gasteiger partial charge in [-0.25, -0.2) is 8.78 Å². The summed E-state index contributed by atoms with van der Waals surface area (Å²) in [6, 6.07) is 0. The van der Waals surface area contributed by atoms with Crippen LogP contribution in [0.5, 0.6) is 0 Å². The summed E-state index contributed by atoms with van der Waals surface area (Å²) < 4.78 is 25.5. The van der Waals surface area contributed by atoms with Gasteiger partial charge in [0.05, 0.1) is 6.54 Å². The highest BCUT2D eigenvalue weighted by Crippen LogP contribution is 2.26. The number of hydrogen-bond donors (Lipinski definition) is 0. The minimum absolute atomic E-state index is 0.200. The molecule has 1 rings (SSSR count). The van der Waals surface area contributed by atoms with Crippen LogP contribution in [0.15, 0.2) is 0 Å². The molecular weight excluding hydrogens is 180 g/mol. The lowest BCUT2D eigenvalue weighted by atomic mass is 10.1. The Hall–Kier alpha value is -1.00. The number of alkyl halides is 2. The number of Topliss-reactive ketones (excluding diaryl/α,β-unsaturated/α-hetero) is 1. The lowest BCUT2D eigenvalue weighted by Gasteiger charge is -2.31. The van der Waals surface area contributed by atoms with Gasteiger partial charge < -0.3 is 4.90 Å². The summed E-state index contributed by atoms with van der Waals surface area (Å²) in [6.07, 6.45) is 0.0563. The van der Waals surface area contributed by atoms with Gasteiger partial charge in [-0.2, -0.15) is 0 Å². The van der Waals surface area contributed by atoms with E-state index in [1.807, 2.05) is 0 Å². The minimum Gasteiger partial charge on any atom is -0.330 e. The predicted molar refractivity (Wildman–Crippen MR) is 41.4 cm³/mol. The summed E-state index contributed by atoms with van der Waals surface area (Å²) in [6.45, 7) is 0.731. The van der Waals surface area contributed by atoms with Crippen LogP contribution in [0.4, 0.5) is 8.78 Å². The number of ketones is 1. The van der Waals surface area contributed by atoms with Crippen molar-refractivity contribution in [3.63, 3.8) is 0 Å². The van der Waals surface area contributed by atoms with Gasteiger partial charge in [-0.05, 0) is 6.42 Å². The summed E-state index contributed by atoms with van der Waals surface area (Å²) in [5.41, 5.74) is 0. The Morgan fingerprint density at radius 1 is 1.38 bits per heavy atom. The number of carbonyl (C=O) groups excluding carboxylic acids is 2. The molecule has 0 radical (unpaired) electrons. The fraction of sp³-hybridized carbons (Fsp3) is 0.750. The first-order valence-corrected chi connectivity index (χ1v) is 4.10. The fourth-order valence-corrected chi connectivity index (χ4v) is 1.36. The molecule has 5 heteroatoms. The maximum Gasteiger partial charge on any atom is 0.289 e. The van der Waals surface area contributed by atoms with Gasteiger partial charge in [-0.3, -0.25) is 9.59 Å². The number of rotatable bonds is 1. The molecule has 1 aliphatic heterocycles. The van der Waals surface area contributed by atoms with E-state index in [4.69, 9.17) is 0 Å². The summed E-state index contributed by atoms with van der Waals surface area (Å²) >= 11 is 0. The Morgan fingerprint density at radius 3 is 2.46 bits per heavy atom. The normalized spacial score (nSPS) is 21.3. The van der Waals surface area contributed by atoms with Crippen LogP contribution in [0.3, 0.4) is 0 Å². The molecule has 1 fully saturated rings. The molecule has 13 heavy (non-hydrogen) atoms. The molecule has 0 aliphatic carbocycles. The highest BCUT2D eigenvalue weighted by molar-refractivity contribution is 6.35. The van der Waals surface area contributed by atoms with Gasteiger partial charge in [-0.1, -0.05) is 0 Å². The van der Waals surface area contributed by atoms with E-state index in [1.54, 1.807) is 0 Å². The minimum atomic E-state index is -2.83. The average molecular weight is 191 g/mol. The first-order chi connectivity index (χ1) is 5.92. The molecular formula is C8H11F2NO2. The number of carbonyl (C=O) groups is 2. The van der Waals surface area contributed by atoms with Crippen molar-refractivity contribution in [2.24, 2.45) is 0 Å². The van der Waals surface area contributed by atoms with Crippen LogP contribution >= 0.6 is 0 Å². The highest BCUT2D eigenvalue weighted by atomic mass is 19.3. The van der Waals surface area contributed by atoms with E-state index in [9.17, 15) is 18.4 Å². The van der Waals surface area contributed by atoms with Crippen LogP contribution in [0, 0.1) is 0 Å². The average Bonchev–Trinajstić information content (AvgIpc) is 2.01.